The molecule has 1 aliphatic heterocycles. The first-order chi connectivity index (χ1) is 13.8. The third-order valence-electron chi connectivity index (χ3n) is 4.33. The van der Waals surface area contributed by atoms with E-state index in [4.69, 9.17) is 4.74 Å². The molecule has 0 aliphatic carbocycles. The molecule has 0 atom stereocenters. The van der Waals surface area contributed by atoms with Crippen LogP contribution in [0.4, 0.5) is 28.0 Å². The zero-order valence-electron chi connectivity index (χ0n) is 16.5. The Morgan fingerprint density at radius 2 is 1.87 bits per heavy atom. The SMILES string of the molecule is CC(C)(C)OC(=O)N1CCc2c(C(=O)Nc3cc(F)cc(C(F)(F)F)c3)csc2C1. The Morgan fingerprint density at radius 3 is 2.50 bits per heavy atom. The van der Waals surface area contributed by atoms with E-state index in [9.17, 15) is 27.2 Å². The van der Waals surface area contributed by atoms with Gasteiger partial charge in [0.25, 0.3) is 5.91 Å². The van der Waals surface area contributed by atoms with Gasteiger partial charge in [0, 0.05) is 22.5 Å². The molecule has 1 N–H and O–H groups in total. The lowest BCUT2D eigenvalue weighted by molar-refractivity contribution is -0.137. The second-order valence-corrected chi connectivity index (χ2v) is 8.85. The summed E-state index contributed by atoms with van der Waals surface area (Å²) in [5.74, 6) is -1.72. The molecule has 0 bridgehead atoms. The van der Waals surface area contributed by atoms with Crippen molar-refractivity contribution in [2.45, 2.75) is 45.5 Å². The second kappa shape index (κ2) is 7.90. The third kappa shape index (κ3) is 5.10. The lowest BCUT2D eigenvalue weighted by Crippen LogP contribution is -2.39. The number of hydrogen-bond donors (Lipinski definition) is 1. The van der Waals surface area contributed by atoms with E-state index in [-0.39, 0.29) is 12.2 Å². The minimum atomic E-state index is -4.73. The molecule has 0 unspecified atom stereocenters. The van der Waals surface area contributed by atoms with Gasteiger partial charge in [-0.25, -0.2) is 9.18 Å². The molecule has 2 aromatic rings. The van der Waals surface area contributed by atoms with Gasteiger partial charge in [-0.1, -0.05) is 0 Å². The normalized spacial score (nSPS) is 14.3. The molecule has 3 rings (SSSR count). The fourth-order valence-corrected chi connectivity index (χ4v) is 4.12. The highest BCUT2D eigenvalue weighted by Crippen LogP contribution is 2.33. The number of thiophene rings is 1. The average Bonchev–Trinajstić information content (AvgIpc) is 3.02. The van der Waals surface area contributed by atoms with Gasteiger partial charge < -0.3 is 15.0 Å². The highest BCUT2D eigenvalue weighted by Gasteiger charge is 2.32. The summed E-state index contributed by atoms with van der Waals surface area (Å²) in [6.45, 7) is 5.93. The lowest BCUT2D eigenvalue weighted by Gasteiger charge is -2.30. The van der Waals surface area contributed by atoms with Crippen LogP contribution in [0.3, 0.4) is 0 Å². The number of carbonyl (C=O) groups excluding carboxylic acids is 2. The Bertz CT molecular complexity index is 979. The topological polar surface area (TPSA) is 58.6 Å². The molecule has 0 spiro atoms. The van der Waals surface area contributed by atoms with E-state index in [0.29, 0.717) is 30.7 Å². The third-order valence-corrected chi connectivity index (χ3v) is 5.34. The van der Waals surface area contributed by atoms with E-state index in [1.165, 1.54) is 16.2 Å². The fraction of sp³-hybridized carbons (Fsp3) is 0.400. The number of amides is 2. The van der Waals surface area contributed by atoms with Gasteiger partial charge in [-0.15, -0.1) is 11.3 Å². The van der Waals surface area contributed by atoms with Gasteiger partial charge in [0.05, 0.1) is 17.7 Å². The monoisotopic (exact) mass is 444 g/mol. The molecule has 0 saturated heterocycles. The van der Waals surface area contributed by atoms with Gasteiger partial charge >= 0.3 is 12.3 Å². The smallest absolute Gasteiger partial charge is 0.416 e. The van der Waals surface area contributed by atoms with Crippen molar-refractivity contribution in [3.05, 3.63) is 51.0 Å². The van der Waals surface area contributed by atoms with E-state index >= 15 is 0 Å². The van der Waals surface area contributed by atoms with Crippen LogP contribution in [0.2, 0.25) is 0 Å². The molecule has 1 aliphatic rings. The highest BCUT2D eigenvalue weighted by molar-refractivity contribution is 7.10. The van der Waals surface area contributed by atoms with E-state index in [1.54, 1.807) is 26.2 Å². The summed E-state index contributed by atoms with van der Waals surface area (Å²) in [7, 11) is 0. The number of ether oxygens (including phenoxy) is 1. The first-order valence-corrected chi connectivity index (χ1v) is 9.98. The number of benzene rings is 1. The molecule has 1 aromatic carbocycles. The summed E-state index contributed by atoms with van der Waals surface area (Å²) in [6.07, 6.45) is -4.78. The lowest BCUT2D eigenvalue weighted by atomic mass is 10.0. The number of carbonyl (C=O) groups is 2. The molecule has 10 heteroatoms. The van der Waals surface area contributed by atoms with Gasteiger partial charge in [0.1, 0.15) is 11.4 Å². The molecule has 5 nitrogen and oxygen atoms in total. The minimum absolute atomic E-state index is 0.278. The van der Waals surface area contributed by atoms with Crippen molar-refractivity contribution in [3.8, 4) is 0 Å². The number of nitrogens with zero attached hydrogens (tertiary/aromatic N) is 1. The number of fused-ring (bicyclic) bond motifs is 1. The maximum absolute atomic E-state index is 13.6. The zero-order chi connectivity index (χ0) is 22.3. The van der Waals surface area contributed by atoms with Crippen molar-refractivity contribution in [1.29, 1.82) is 0 Å². The van der Waals surface area contributed by atoms with Crippen molar-refractivity contribution in [1.82, 2.24) is 4.90 Å². The fourth-order valence-electron chi connectivity index (χ4n) is 3.03. The number of halogens is 4. The first-order valence-electron chi connectivity index (χ1n) is 9.10. The van der Waals surface area contributed by atoms with Crippen LogP contribution in [0.5, 0.6) is 0 Å². The Morgan fingerprint density at radius 1 is 1.17 bits per heavy atom. The van der Waals surface area contributed by atoms with Gasteiger partial charge in [-0.2, -0.15) is 13.2 Å². The number of nitrogens with one attached hydrogen (secondary N) is 1. The molecule has 2 amide bonds. The van der Waals surface area contributed by atoms with Gasteiger partial charge in [-0.3, -0.25) is 4.79 Å². The first kappa shape index (κ1) is 22.1. The Hall–Kier alpha value is -2.62. The molecule has 2 heterocycles. The largest absolute Gasteiger partial charge is 0.444 e. The summed E-state index contributed by atoms with van der Waals surface area (Å²) >= 11 is 1.28. The average molecular weight is 444 g/mol. The van der Waals surface area contributed by atoms with E-state index in [2.05, 4.69) is 5.32 Å². The van der Waals surface area contributed by atoms with Crippen molar-refractivity contribution in [3.63, 3.8) is 0 Å². The molecule has 0 radical (unpaired) electrons. The zero-order valence-corrected chi connectivity index (χ0v) is 17.3. The van der Waals surface area contributed by atoms with Crippen LogP contribution in [0, 0.1) is 5.82 Å². The molecule has 162 valence electrons. The summed E-state index contributed by atoms with van der Waals surface area (Å²) in [6, 6.07) is 1.88. The van der Waals surface area contributed by atoms with Crippen LogP contribution < -0.4 is 5.32 Å². The molecular formula is C20H20F4N2O3S. The van der Waals surface area contributed by atoms with Crippen LogP contribution in [0.25, 0.3) is 0 Å². The highest BCUT2D eigenvalue weighted by atomic mass is 32.1. The van der Waals surface area contributed by atoms with E-state index in [0.717, 1.165) is 16.5 Å². The van der Waals surface area contributed by atoms with E-state index in [1.807, 2.05) is 0 Å². The molecular weight excluding hydrogens is 424 g/mol. The second-order valence-electron chi connectivity index (χ2n) is 7.88. The summed E-state index contributed by atoms with van der Waals surface area (Å²) in [5, 5.41) is 3.92. The van der Waals surface area contributed by atoms with Gasteiger partial charge in [0.2, 0.25) is 0 Å². The summed E-state index contributed by atoms with van der Waals surface area (Å²) in [5.41, 5.74) is -1.06. The Kier molecular flexibility index (Phi) is 5.81. The quantitative estimate of drug-likeness (QED) is 0.627. The molecule has 30 heavy (non-hydrogen) atoms. The van der Waals surface area contributed by atoms with Crippen molar-refractivity contribution in [2.75, 3.05) is 11.9 Å². The summed E-state index contributed by atoms with van der Waals surface area (Å²) < 4.78 is 57.5. The summed E-state index contributed by atoms with van der Waals surface area (Å²) in [4.78, 5) is 27.2. The molecule has 0 saturated carbocycles. The van der Waals surface area contributed by atoms with Crippen LogP contribution >= 0.6 is 11.3 Å². The number of anilines is 1. The minimum Gasteiger partial charge on any atom is -0.444 e. The maximum atomic E-state index is 13.6. The maximum Gasteiger partial charge on any atom is 0.416 e. The van der Waals surface area contributed by atoms with E-state index < -0.39 is 35.2 Å². The molecule has 1 aromatic heterocycles. The van der Waals surface area contributed by atoms with Crippen LogP contribution in [0.1, 0.15) is 47.1 Å². The van der Waals surface area contributed by atoms with Crippen molar-refractivity contribution >= 4 is 29.0 Å². The predicted molar refractivity (Wildman–Crippen MR) is 104 cm³/mol. The number of hydrogen-bond acceptors (Lipinski definition) is 4. The standard InChI is InChI=1S/C20H20F4N2O3S/c1-19(2,3)29-18(28)26-5-4-14-15(10-30-16(14)9-26)17(27)25-13-7-11(20(22,23)24)6-12(21)8-13/h6-8,10H,4-5,9H2,1-3H3,(H,25,27). The Balaban J connectivity index is 1.75. The predicted octanol–water partition coefficient (Wildman–Crippen LogP) is 5.45. The Labute approximate surface area is 174 Å². The number of rotatable bonds is 2. The van der Waals surface area contributed by atoms with Gasteiger partial charge in [-0.05, 0) is 51.0 Å². The van der Waals surface area contributed by atoms with Gasteiger partial charge in [0.15, 0.2) is 0 Å². The van der Waals surface area contributed by atoms with Crippen LogP contribution in [-0.2, 0) is 23.9 Å². The number of alkyl halides is 3. The van der Waals surface area contributed by atoms with Crippen molar-refractivity contribution < 1.29 is 31.9 Å². The van der Waals surface area contributed by atoms with Crippen LogP contribution in [0.15, 0.2) is 23.6 Å². The van der Waals surface area contributed by atoms with Crippen molar-refractivity contribution in [2.24, 2.45) is 0 Å². The van der Waals surface area contributed by atoms with Crippen LogP contribution in [-0.4, -0.2) is 29.0 Å². The molecule has 0 fully saturated rings.